The predicted molar refractivity (Wildman–Crippen MR) is 91.3 cm³/mol. The van der Waals surface area contributed by atoms with Crippen LogP contribution in [0, 0.1) is 5.82 Å². The van der Waals surface area contributed by atoms with Gasteiger partial charge in [0.2, 0.25) is 11.7 Å². The number of aromatic nitrogens is 2. The molecule has 2 aliphatic rings. The zero-order valence-corrected chi connectivity index (χ0v) is 15.2. The Kier molecular flexibility index (Phi) is 4.05. The number of phosphoric ester groups is 1. The summed E-state index contributed by atoms with van der Waals surface area (Å²) in [7, 11) is -4.73. The van der Waals surface area contributed by atoms with Crippen LogP contribution in [0.5, 0.6) is 5.75 Å². The largest absolute Gasteiger partial charge is 0.530 e. The van der Waals surface area contributed by atoms with Crippen molar-refractivity contribution in [1.29, 1.82) is 0 Å². The lowest BCUT2D eigenvalue weighted by Gasteiger charge is -2.27. The third kappa shape index (κ3) is 3.89. The average molecular weight is 435 g/mol. The molecule has 1 fully saturated rings. The van der Waals surface area contributed by atoms with Crippen molar-refractivity contribution in [3.8, 4) is 5.75 Å². The number of aliphatic hydroxyl groups is 1. The number of phosphoric acid groups is 1. The second kappa shape index (κ2) is 7.15. The van der Waals surface area contributed by atoms with Crippen molar-refractivity contribution in [3.63, 3.8) is 0 Å². The summed E-state index contributed by atoms with van der Waals surface area (Å²) in [6.45, 7) is -3.95. The Bertz CT molecular complexity index is 1240. The number of aliphatic hydroxyl groups excluding tert-OH is 1. The fourth-order valence-corrected chi connectivity index (χ4v) is 3.78. The number of fused-ring (bicyclic) bond motifs is 1. The topological polar surface area (TPSA) is 129 Å². The molecular formula is C16H15F2N2O8P. The van der Waals surface area contributed by atoms with Gasteiger partial charge in [0.15, 0.2) is 6.20 Å². The van der Waals surface area contributed by atoms with Crippen LogP contribution >= 0.6 is 7.82 Å². The number of halogens is 2. The number of ether oxygens (including phenoxy) is 1. The van der Waals surface area contributed by atoms with Crippen molar-refractivity contribution in [2.24, 2.45) is 0 Å². The number of aromatic amines is 1. The maximum atomic E-state index is 15.5. The van der Waals surface area contributed by atoms with E-state index in [1.54, 1.807) is 12.1 Å². The second-order valence-corrected chi connectivity index (χ2v) is 7.63. The minimum atomic E-state index is -4.73. The molecule has 4 atom stereocenters. The van der Waals surface area contributed by atoms with Crippen LogP contribution in [0.2, 0.25) is 0 Å². The van der Waals surface area contributed by atoms with Gasteiger partial charge in [-0.15, -0.1) is 0 Å². The Morgan fingerprint density at radius 2 is 2.24 bits per heavy atom. The van der Waals surface area contributed by atoms with Gasteiger partial charge in [-0.05, 0) is 6.07 Å². The van der Waals surface area contributed by atoms with E-state index in [-0.39, 0.29) is 23.1 Å². The van der Waals surface area contributed by atoms with E-state index in [1.807, 2.05) is 0 Å². The fourth-order valence-electron chi connectivity index (χ4n) is 2.67. The summed E-state index contributed by atoms with van der Waals surface area (Å²) < 4.78 is 85.4. The van der Waals surface area contributed by atoms with E-state index in [2.05, 4.69) is 0 Å². The van der Waals surface area contributed by atoms with Crippen molar-refractivity contribution in [2.45, 2.75) is 31.2 Å². The molecule has 2 N–H and O–H groups in total. The zero-order valence-electron chi connectivity index (χ0n) is 17.3. The molecule has 0 saturated carbocycles. The van der Waals surface area contributed by atoms with Gasteiger partial charge in [0.1, 0.15) is 18.4 Å². The fraction of sp³-hybridized carbons (Fsp3) is 0.375. The van der Waals surface area contributed by atoms with E-state index in [9.17, 15) is 23.7 Å². The minimum Gasteiger partial charge on any atom is -0.404 e. The summed E-state index contributed by atoms with van der Waals surface area (Å²) >= 11 is 0. The summed E-state index contributed by atoms with van der Waals surface area (Å²) in [4.78, 5) is 24.7. The molecule has 2 aromatic rings. The van der Waals surface area contributed by atoms with Gasteiger partial charge in [0, 0.05) is 12.0 Å². The number of para-hydroxylation sites is 1. The predicted octanol–water partition coefficient (Wildman–Crippen LogP) is 1.36. The van der Waals surface area contributed by atoms with Gasteiger partial charge in [-0.2, -0.15) is 4.39 Å². The quantitative estimate of drug-likeness (QED) is 0.689. The Labute approximate surface area is 165 Å². The zero-order chi connectivity index (χ0) is 23.5. The number of alkyl halides is 1. The lowest BCUT2D eigenvalue weighted by molar-refractivity contribution is -0.179. The molecule has 1 aromatic heterocycles. The summed E-state index contributed by atoms with van der Waals surface area (Å²) in [5.74, 6) is -5.18. The smallest absolute Gasteiger partial charge is 0.404 e. The molecular weight excluding hydrogens is 417 g/mol. The van der Waals surface area contributed by atoms with Gasteiger partial charge < -0.3 is 14.4 Å². The summed E-state index contributed by atoms with van der Waals surface area (Å²) in [5, 5.41) is 10.2. The molecule has 1 aromatic carbocycles. The number of rotatable bonds is 4. The molecule has 0 radical (unpaired) electrons. The van der Waals surface area contributed by atoms with Gasteiger partial charge in [-0.3, -0.25) is 23.4 Å². The highest BCUT2D eigenvalue weighted by Crippen LogP contribution is 2.55. The molecule has 3 heterocycles. The normalized spacial score (nSPS) is 35.8. The number of nitrogens with one attached hydrogen (secondary N) is 1. The van der Waals surface area contributed by atoms with E-state index in [4.69, 9.17) is 22.4 Å². The molecule has 10 nitrogen and oxygen atoms in total. The van der Waals surface area contributed by atoms with Crippen LogP contribution in [0.15, 0.2) is 40.1 Å². The van der Waals surface area contributed by atoms with E-state index in [0.717, 1.165) is 0 Å². The molecule has 29 heavy (non-hydrogen) atoms. The molecule has 0 aliphatic carbocycles. The number of nitrogens with zero attached hydrogens (tertiary/aromatic N) is 1. The van der Waals surface area contributed by atoms with Gasteiger partial charge in [0.05, 0.1) is 16.9 Å². The third-order valence-electron chi connectivity index (χ3n) is 4.01. The molecule has 1 unspecified atom stereocenters. The molecule has 1 saturated heterocycles. The Morgan fingerprint density at radius 1 is 1.48 bits per heavy atom. The summed E-state index contributed by atoms with van der Waals surface area (Å²) in [6, 6.07) is 6.15. The van der Waals surface area contributed by atoms with Crippen LogP contribution in [0.3, 0.4) is 0 Å². The first kappa shape index (κ1) is 16.4. The van der Waals surface area contributed by atoms with Crippen LogP contribution in [-0.4, -0.2) is 33.2 Å². The number of benzene rings is 1. The first-order valence-corrected chi connectivity index (χ1v) is 9.57. The van der Waals surface area contributed by atoms with Crippen LogP contribution < -0.4 is 15.8 Å². The van der Waals surface area contributed by atoms with E-state index >= 15 is 4.39 Å². The highest BCUT2D eigenvalue weighted by atomic mass is 31.2. The van der Waals surface area contributed by atoms with Crippen molar-refractivity contribution in [1.82, 2.24) is 9.55 Å². The van der Waals surface area contributed by atoms with Crippen LogP contribution in [0.1, 0.15) is 22.3 Å². The molecule has 0 spiro atoms. The van der Waals surface area contributed by atoms with Crippen molar-refractivity contribution in [3.05, 3.63) is 62.7 Å². The molecule has 4 rings (SSSR count). The van der Waals surface area contributed by atoms with Crippen LogP contribution in [0.4, 0.5) is 8.78 Å². The van der Waals surface area contributed by atoms with Crippen molar-refractivity contribution >= 4 is 7.82 Å². The van der Waals surface area contributed by atoms with Crippen LogP contribution in [0.25, 0.3) is 0 Å². The maximum Gasteiger partial charge on any atom is 0.530 e. The van der Waals surface area contributed by atoms with Gasteiger partial charge in [0.25, 0.3) is 5.56 Å². The summed E-state index contributed by atoms with van der Waals surface area (Å²) in [5.41, 5.74) is -2.40. The molecule has 156 valence electrons. The lowest BCUT2D eigenvalue weighted by Crippen LogP contribution is -2.37. The third-order valence-corrected chi connectivity index (χ3v) is 5.19. The van der Waals surface area contributed by atoms with Gasteiger partial charge >= 0.3 is 13.5 Å². The van der Waals surface area contributed by atoms with Crippen LogP contribution in [-0.2, 0) is 25.0 Å². The van der Waals surface area contributed by atoms with Gasteiger partial charge in [-0.25, -0.2) is 13.8 Å². The Balaban J connectivity index is 1.63. The first-order valence-electron chi connectivity index (χ1n) is 9.61. The minimum absolute atomic E-state index is 0.0395. The standard InChI is InChI=1S/C16H15F2N2O8P/c17-10-6-20(15(23)19-13(10)22)14-11(21)5-16(18,27-14)8-26-29(24)25-7-9-3-1-2-4-12(9)28-29/h1-4,6,11,14,21H,5,7-8H2,(H,19,22,23)/t11-,14-,16+,29?/m1/s1/i8D2,14D. The maximum absolute atomic E-state index is 15.5. The first-order chi connectivity index (χ1) is 14.8. The van der Waals surface area contributed by atoms with E-state index in [1.165, 1.54) is 17.1 Å². The molecule has 0 amide bonds. The lowest BCUT2D eigenvalue weighted by atomic mass is 10.2. The molecule has 13 heteroatoms. The molecule has 0 bridgehead atoms. The van der Waals surface area contributed by atoms with Crippen molar-refractivity contribution < 1.29 is 40.9 Å². The Morgan fingerprint density at radius 3 is 3.03 bits per heavy atom. The van der Waals surface area contributed by atoms with Crippen molar-refractivity contribution in [2.75, 3.05) is 6.56 Å². The van der Waals surface area contributed by atoms with E-state index < -0.39 is 56.0 Å². The summed E-state index contributed by atoms with van der Waals surface area (Å²) in [6.07, 6.45) is -6.45. The monoisotopic (exact) mass is 435 g/mol. The number of hydrogen-bond donors (Lipinski definition) is 2. The highest BCUT2D eigenvalue weighted by Gasteiger charge is 2.50. The van der Waals surface area contributed by atoms with Gasteiger partial charge in [-0.1, -0.05) is 18.2 Å². The van der Waals surface area contributed by atoms with E-state index in [0.29, 0.717) is 5.56 Å². The second-order valence-electron chi connectivity index (χ2n) is 6.11. The SMILES string of the molecule is [2H]C([2H])(OP1(=O)OCc2ccccc2O1)[C@]1(F)C[C@@H](O)[C@]([2H])(n2cc(F)c(=O)[nH]c2=O)O1. The number of hydrogen-bond acceptors (Lipinski definition) is 8. The number of H-pyrrole nitrogens is 1. The molecule has 2 aliphatic heterocycles. The average Bonchev–Trinajstić information content (AvgIpc) is 2.94. The highest BCUT2D eigenvalue weighted by molar-refractivity contribution is 7.49. The Hall–Kier alpha value is -2.37.